The molecule has 4 nitrogen and oxygen atoms in total. The molecule has 0 aliphatic carbocycles. The third-order valence-electron chi connectivity index (χ3n) is 1.97. The molecule has 0 saturated heterocycles. The molecule has 4 heteroatoms. The number of hydrogen-bond donors (Lipinski definition) is 2. The van der Waals surface area contributed by atoms with Gasteiger partial charge in [-0.2, -0.15) is 0 Å². The first-order valence-electron chi connectivity index (χ1n) is 4.94. The van der Waals surface area contributed by atoms with E-state index in [-0.39, 0.29) is 5.56 Å². The number of aryl methyl sites for hydroxylation is 1. The SMILES string of the molecule is Cc1cc(NCC(C)C)c(C(=O)O)cn1. The molecule has 0 spiro atoms. The summed E-state index contributed by atoms with van der Waals surface area (Å²) in [6.07, 6.45) is 1.39. The number of carbonyl (C=O) groups is 1. The standard InChI is InChI=1S/C11H16N2O2/c1-7(2)5-13-10-4-8(3)12-6-9(10)11(14)15/h4,6-7H,5H2,1-3H3,(H,12,13)(H,14,15). The molecular weight excluding hydrogens is 192 g/mol. The number of nitrogens with one attached hydrogen (secondary N) is 1. The zero-order chi connectivity index (χ0) is 11.4. The van der Waals surface area contributed by atoms with Crippen LogP contribution < -0.4 is 5.32 Å². The van der Waals surface area contributed by atoms with Crippen molar-refractivity contribution in [3.05, 3.63) is 23.5 Å². The van der Waals surface area contributed by atoms with Crippen molar-refractivity contribution in [3.8, 4) is 0 Å². The van der Waals surface area contributed by atoms with Crippen LogP contribution in [-0.2, 0) is 0 Å². The van der Waals surface area contributed by atoms with Crippen LogP contribution in [0, 0.1) is 12.8 Å². The average molecular weight is 208 g/mol. The Balaban J connectivity index is 2.92. The van der Waals surface area contributed by atoms with Gasteiger partial charge in [-0.15, -0.1) is 0 Å². The van der Waals surface area contributed by atoms with E-state index in [2.05, 4.69) is 24.1 Å². The molecule has 0 unspecified atom stereocenters. The van der Waals surface area contributed by atoms with E-state index in [4.69, 9.17) is 5.11 Å². The van der Waals surface area contributed by atoms with E-state index >= 15 is 0 Å². The molecule has 0 aromatic carbocycles. The van der Waals surface area contributed by atoms with Gasteiger partial charge in [0, 0.05) is 18.4 Å². The Kier molecular flexibility index (Phi) is 3.66. The summed E-state index contributed by atoms with van der Waals surface area (Å²) in [5.41, 5.74) is 1.68. The summed E-state index contributed by atoms with van der Waals surface area (Å²) in [5.74, 6) is -0.478. The second-order valence-corrected chi connectivity index (χ2v) is 3.95. The van der Waals surface area contributed by atoms with E-state index < -0.39 is 5.97 Å². The molecule has 0 bridgehead atoms. The zero-order valence-corrected chi connectivity index (χ0v) is 9.24. The minimum absolute atomic E-state index is 0.223. The number of rotatable bonds is 4. The maximum Gasteiger partial charge on any atom is 0.339 e. The fourth-order valence-corrected chi connectivity index (χ4v) is 1.19. The summed E-state index contributed by atoms with van der Waals surface area (Å²) in [6, 6.07) is 1.76. The van der Waals surface area contributed by atoms with Gasteiger partial charge in [0.05, 0.1) is 5.69 Å². The van der Waals surface area contributed by atoms with Crippen LogP contribution in [0.1, 0.15) is 29.9 Å². The van der Waals surface area contributed by atoms with Crippen LogP contribution in [-0.4, -0.2) is 22.6 Å². The summed E-state index contributed by atoms with van der Waals surface area (Å²) in [4.78, 5) is 14.9. The quantitative estimate of drug-likeness (QED) is 0.795. The summed E-state index contributed by atoms with van der Waals surface area (Å²) in [7, 11) is 0. The van der Waals surface area contributed by atoms with Gasteiger partial charge < -0.3 is 10.4 Å². The highest BCUT2D eigenvalue weighted by molar-refractivity contribution is 5.93. The average Bonchev–Trinajstić information content (AvgIpc) is 2.14. The van der Waals surface area contributed by atoms with Crippen molar-refractivity contribution in [2.45, 2.75) is 20.8 Å². The van der Waals surface area contributed by atoms with Crippen molar-refractivity contribution in [1.29, 1.82) is 0 Å². The number of carboxylic acid groups (broad SMARTS) is 1. The number of anilines is 1. The second kappa shape index (κ2) is 4.77. The predicted octanol–water partition coefficient (Wildman–Crippen LogP) is 2.16. The van der Waals surface area contributed by atoms with Gasteiger partial charge in [0.1, 0.15) is 5.56 Å². The third kappa shape index (κ3) is 3.23. The zero-order valence-electron chi connectivity index (χ0n) is 9.24. The smallest absolute Gasteiger partial charge is 0.339 e. The Morgan fingerprint density at radius 1 is 1.60 bits per heavy atom. The third-order valence-corrected chi connectivity index (χ3v) is 1.97. The molecule has 0 amide bonds. The molecule has 82 valence electrons. The maximum absolute atomic E-state index is 10.9. The van der Waals surface area contributed by atoms with Gasteiger partial charge in [-0.05, 0) is 18.9 Å². The number of pyridine rings is 1. The van der Waals surface area contributed by atoms with Crippen LogP contribution in [0.5, 0.6) is 0 Å². The summed E-state index contributed by atoms with van der Waals surface area (Å²) >= 11 is 0. The molecule has 1 heterocycles. The first-order valence-corrected chi connectivity index (χ1v) is 4.94. The molecule has 1 aromatic rings. The predicted molar refractivity (Wildman–Crippen MR) is 59.3 cm³/mol. The molecule has 15 heavy (non-hydrogen) atoms. The second-order valence-electron chi connectivity index (χ2n) is 3.95. The van der Waals surface area contributed by atoms with E-state index in [1.807, 2.05) is 6.92 Å². The van der Waals surface area contributed by atoms with E-state index in [1.165, 1.54) is 6.20 Å². The molecule has 0 atom stereocenters. The van der Waals surface area contributed by atoms with Crippen LogP contribution in [0.25, 0.3) is 0 Å². The van der Waals surface area contributed by atoms with Crippen molar-refractivity contribution < 1.29 is 9.90 Å². The topological polar surface area (TPSA) is 62.2 Å². The number of aromatic carboxylic acids is 1. The normalized spacial score (nSPS) is 10.4. The molecule has 0 aliphatic rings. The lowest BCUT2D eigenvalue weighted by molar-refractivity contribution is 0.0697. The van der Waals surface area contributed by atoms with E-state index in [0.717, 1.165) is 12.2 Å². The fraction of sp³-hybridized carbons (Fsp3) is 0.455. The van der Waals surface area contributed by atoms with Gasteiger partial charge in [0.25, 0.3) is 0 Å². The fourth-order valence-electron chi connectivity index (χ4n) is 1.19. The highest BCUT2D eigenvalue weighted by Gasteiger charge is 2.10. The molecule has 0 radical (unpaired) electrons. The lowest BCUT2D eigenvalue weighted by Gasteiger charge is -2.11. The van der Waals surface area contributed by atoms with Crippen molar-refractivity contribution in [2.75, 3.05) is 11.9 Å². The van der Waals surface area contributed by atoms with Gasteiger partial charge in [-0.25, -0.2) is 4.79 Å². The van der Waals surface area contributed by atoms with Crippen molar-refractivity contribution >= 4 is 11.7 Å². The summed E-state index contributed by atoms with van der Waals surface area (Å²) in [5, 5.41) is 12.1. The van der Waals surface area contributed by atoms with Crippen molar-refractivity contribution in [3.63, 3.8) is 0 Å². The van der Waals surface area contributed by atoms with Crippen LogP contribution in [0.2, 0.25) is 0 Å². The highest BCUT2D eigenvalue weighted by atomic mass is 16.4. The van der Waals surface area contributed by atoms with Gasteiger partial charge in [0.15, 0.2) is 0 Å². The van der Waals surface area contributed by atoms with Crippen molar-refractivity contribution in [2.24, 2.45) is 5.92 Å². The Morgan fingerprint density at radius 2 is 2.27 bits per heavy atom. The molecule has 0 fully saturated rings. The lowest BCUT2D eigenvalue weighted by atomic mass is 10.2. The summed E-state index contributed by atoms with van der Waals surface area (Å²) < 4.78 is 0. The van der Waals surface area contributed by atoms with Crippen LogP contribution in [0.15, 0.2) is 12.3 Å². The maximum atomic E-state index is 10.9. The number of hydrogen-bond acceptors (Lipinski definition) is 3. The minimum atomic E-state index is -0.950. The first kappa shape index (κ1) is 11.5. The van der Waals surface area contributed by atoms with Gasteiger partial charge in [0.2, 0.25) is 0 Å². The Hall–Kier alpha value is -1.58. The molecule has 1 rings (SSSR count). The molecule has 0 saturated carbocycles. The van der Waals surface area contributed by atoms with E-state index in [0.29, 0.717) is 11.6 Å². The Labute approximate surface area is 89.3 Å². The van der Waals surface area contributed by atoms with Crippen LogP contribution in [0.4, 0.5) is 5.69 Å². The van der Waals surface area contributed by atoms with Gasteiger partial charge in [-0.1, -0.05) is 13.8 Å². The molecular formula is C11H16N2O2. The largest absolute Gasteiger partial charge is 0.478 e. The van der Waals surface area contributed by atoms with Crippen molar-refractivity contribution in [1.82, 2.24) is 4.98 Å². The van der Waals surface area contributed by atoms with Crippen LogP contribution >= 0.6 is 0 Å². The number of nitrogens with zero attached hydrogens (tertiary/aromatic N) is 1. The summed E-state index contributed by atoms with van der Waals surface area (Å²) in [6.45, 7) is 6.74. The van der Waals surface area contributed by atoms with Crippen LogP contribution in [0.3, 0.4) is 0 Å². The van der Waals surface area contributed by atoms with E-state index in [9.17, 15) is 4.79 Å². The Morgan fingerprint density at radius 3 is 2.80 bits per heavy atom. The first-order chi connectivity index (χ1) is 7.00. The molecule has 2 N–H and O–H groups in total. The van der Waals surface area contributed by atoms with Gasteiger partial charge >= 0.3 is 5.97 Å². The highest BCUT2D eigenvalue weighted by Crippen LogP contribution is 2.16. The monoisotopic (exact) mass is 208 g/mol. The van der Waals surface area contributed by atoms with Gasteiger partial charge in [-0.3, -0.25) is 4.98 Å². The molecule has 0 aliphatic heterocycles. The number of carboxylic acids is 1. The molecule has 1 aromatic heterocycles. The lowest BCUT2D eigenvalue weighted by Crippen LogP contribution is -2.12. The Bertz CT molecular complexity index is 362. The number of aromatic nitrogens is 1. The minimum Gasteiger partial charge on any atom is -0.478 e. The van der Waals surface area contributed by atoms with E-state index in [1.54, 1.807) is 6.07 Å².